The van der Waals surface area contributed by atoms with Gasteiger partial charge in [-0.05, 0) is 48.7 Å². The van der Waals surface area contributed by atoms with Gasteiger partial charge in [0, 0.05) is 18.9 Å². The summed E-state index contributed by atoms with van der Waals surface area (Å²) in [5, 5.41) is 9.05. The highest BCUT2D eigenvalue weighted by molar-refractivity contribution is 7.89. The lowest BCUT2D eigenvalue weighted by molar-refractivity contribution is 0.0696. The number of carboxylic acid groups (broad SMARTS) is 1. The number of carbonyl (C=O) groups is 1. The normalized spacial score (nSPS) is 18.9. The Morgan fingerprint density at radius 3 is 2.65 bits per heavy atom. The lowest BCUT2D eigenvalue weighted by atomic mass is 10.1. The molecule has 23 heavy (non-hydrogen) atoms. The fraction of sp³-hybridized carbons (Fsp3) is 0.250. The van der Waals surface area contributed by atoms with Crippen LogP contribution in [0.25, 0.3) is 0 Å². The van der Waals surface area contributed by atoms with Crippen LogP contribution in [-0.2, 0) is 10.0 Å². The van der Waals surface area contributed by atoms with E-state index < -0.39 is 16.0 Å². The summed E-state index contributed by atoms with van der Waals surface area (Å²) in [4.78, 5) is 15.0. The van der Waals surface area contributed by atoms with Crippen molar-refractivity contribution < 1.29 is 18.3 Å². The molecule has 1 aliphatic rings. The van der Waals surface area contributed by atoms with Crippen molar-refractivity contribution in [2.24, 2.45) is 0 Å². The largest absolute Gasteiger partial charge is 0.478 e. The van der Waals surface area contributed by atoms with E-state index in [9.17, 15) is 13.2 Å². The van der Waals surface area contributed by atoms with Gasteiger partial charge >= 0.3 is 5.97 Å². The standard InChI is InChI=1S/C16H16N2O4S/c19-16(20)13-3-1-4-14(11-13)23(21,22)18-10-2-5-15(18)12-6-8-17-9-7-12/h1,3-4,6-9,11,15H,2,5,10H2,(H,19,20). The summed E-state index contributed by atoms with van der Waals surface area (Å²) in [6.07, 6.45) is 4.79. The molecule has 1 saturated heterocycles. The van der Waals surface area contributed by atoms with Crippen LogP contribution in [0.2, 0.25) is 0 Å². The van der Waals surface area contributed by atoms with E-state index in [-0.39, 0.29) is 16.5 Å². The Hall–Kier alpha value is -2.25. The molecule has 0 aliphatic carbocycles. The molecule has 1 unspecified atom stereocenters. The van der Waals surface area contributed by atoms with Gasteiger partial charge in [-0.3, -0.25) is 4.98 Å². The summed E-state index contributed by atoms with van der Waals surface area (Å²) >= 11 is 0. The van der Waals surface area contributed by atoms with Gasteiger partial charge in [0.25, 0.3) is 0 Å². The van der Waals surface area contributed by atoms with E-state index in [4.69, 9.17) is 5.11 Å². The molecule has 0 radical (unpaired) electrons. The number of benzene rings is 1. The molecule has 6 nitrogen and oxygen atoms in total. The van der Waals surface area contributed by atoms with Gasteiger partial charge in [-0.2, -0.15) is 4.31 Å². The van der Waals surface area contributed by atoms with Crippen molar-refractivity contribution in [1.29, 1.82) is 0 Å². The molecule has 1 N–H and O–H groups in total. The summed E-state index contributed by atoms with van der Waals surface area (Å²) in [5.41, 5.74) is 0.862. The van der Waals surface area contributed by atoms with Gasteiger partial charge < -0.3 is 5.11 Å². The zero-order valence-electron chi connectivity index (χ0n) is 12.3. The molecule has 1 aromatic carbocycles. The van der Waals surface area contributed by atoms with Crippen molar-refractivity contribution in [1.82, 2.24) is 9.29 Å². The number of aromatic nitrogens is 1. The third-order valence-corrected chi connectivity index (χ3v) is 5.89. The van der Waals surface area contributed by atoms with Gasteiger partial charge in [0.2, 0.25) is 10.0 Å². The van der Waals surface area contributed by atoms with Gasteiger partial charge in [-0.25, -0.2) is 13.2 Å². The van der Waals surface area contributed by atoms with E-state index in [1.807, 2.05) is 12.1 Å². The van der Waals surface area contributed by atoms with Crippen LogP contribution in [0.1, 0.15) is 34.8 Å². The minimum absolute atomic E-state index is 0.0124. The van der Waals surface area contributed by atoms with Gasteiger partial charge in [-0.1, -0.05) is 6.07 Å². The fourth-order valence-electron chi connectivity index (χ4n) is 2.87. The Bertz CT molecular complexity index is 821. The van der Waals surface area contributed by atoms with E-state index >= 15 is 0 Å². The first-order valence-electron chi connectivity index (χ1n) is 7.25. The number of sulfonamides is 1. The van der Waals surface area contributed by atoms with E-state index in [1.165, 1.54) is 28.6 Å². The second-order valence-electron chi connectivity index (χ2n) is 5.39. The Morgan fingerprint density at radius 1 is 1.22 bits per heavy atom. The third kappa shape index (κ3) is 2.97. The van der Waals surface area contributed by atoms with Crippen molar-refractivity contribution in [2.75, 3.05) is 6.54 Å². The first-order chi connectivity index (χ1) is 11.0. The van der Waals surface area contributed by atoms with Crippen LogP contribution < -0.4 is 0 Å². The van der Waals surface area contributed by atoms with Crippen LogP contribution in [0.3, 0.4) is 0 Å². The molecule has 1 atom stereocenters. The van der Waals surface area contributed by atoms with Gasteiger partial charge in [0.1, 0.15) is 0 Å². The van der Waals surface area contributed by atoms with Crippen molar-refractivity contribution in [3.63, 3.8) is 0 Å². The minimum atomic E-state index is -3.74. The monoisotopic (exact) mass is 332 g/mol. The summed E-state index contributed by atoms with van der Waals surface area (Å²) in [7, 11) is -3.74. The fourth-order valence-corrected chi connectivity index (χ4v) is 4.60. The maximum atomic E-state index is 12.9. The summed E-state index contributed by atoms with van der Waals surface area (Å²) in [6.45, 7) is 0.423. The molecule has 0 spiro atoms. The quantitative estimate of drug-likeness (QED) is 0.928. The summed E-state index contributed by atoms with van der Waals surface area (Å²) in [5.74, 6) is -1.14. The topological polar surface area (TPSA) is 87.6 Å². The summed E-state index contributed by atoms with van der Waals surface area (Å²) in [6, 6.07) is 8.86. The zero-order valence-corrected chi connectivity index (χ0v) is 13.1. The SMILES string of the molecule is O=C(O)c1cccc(S(=O)(=O)N2CCCC2c2ccncc2)c1. The minimum Gasteiger partial charge on any atom is -0.478 e. The Kier molecular flexibility index (Phi) is 4.14. The highest BCUT2D eigenvalue weighted by Gasteiger charge is 2.36. The molecule has 1 aromatic heterocycles. The molecular formula is C16H16N2O4S. The molecule has 0 saturated carbocycles. The van der Waals surface area contributed by atoms with Crippen molar-refractivity contribution in [2.45, 2.75) is 23.8 Å². The Labute approximate surface area is 134 Å². The smallest absolute Gasteiger partial charge is 0.335 e. The number of carboxylic acids is 1. The number of rotatable bonds is 4. The molecule has 3 rings (SSSR count). The zero-order chi connectivity index (χ0) is 16.4. The van der Waals surface area contributed by atoms with Crippen LogP contribution in [0, 0.1) is 0 Å². The average Bonchev–Trinajstić information content (AvgIpc) is 3.06. The van der Waals surface area contributed by atoms with E-state index in [2.05, 4.69) is 4.98 Å². The lowest BCUT2D eigenvalue weighted by Gasteiger charge is -2.24. The number of aromatic carboxylic acids is 1. The van der Waals surface area contributed by atoms with Crippen LogP contribution in [0.15, 0.2) is 53.7 Å². The number of nitrogens with zero attached hydrogens (tertiary/aromatic N) is 2. The molecule has 0 amide bonds. The highest BCUT2D eigenvalue weighted by atomic mass is 32.2. The molecule has 2 aromatic rings. The molecule has 7 heteroatoms. The van der Waals surface area contributed by atoms with Crippen LogP contribution in [0.4, 0.5) is 0 Å². The van der Waals surface area contributed by atoms with Gasteiger partial charge in [0.05, 0.1) is 16.5 Å². The number of hydrogen-bond acceptors (Lipinski definition) is 4. The van der Waals surface area contributed by atoms with E-state index in [0.29, 0.717) is 6.54 Å². The molecule has 120 valence electrons. The molecule has 1 aliphatic heterocycles. The van der Waals surface area contributed by atoms with Gasteiger partial charge in [-0.15, -0.1) is 0 Å². The Balaban J connectivity index is 1.99. The maximum absolute atomic E-state index is 12.9. The van der Waals surface area contributed by atoms with Gasteiger partial charge in [0.15, 0.2) is 0 Å². The molecule has 2 heterocycles. The number of hydrogen-bond donors (Lipinski definition) is 1. The second-order valence-corrected chi connectivity index (χ2v) is 7.28. The predicted molar refractivity (Wildman–Crippen MR) is 83.5 cm³/mol. The number of pyridine rings is 1. The molecule has 0 bridgehead atoms. The van der Waals surface area contributed by atoms with Crippen LogP contribution >= 0.6 is 0 Å². The average molecular weight is 332 g/mol. The van der Waals surface area contributed by atoms with E-state index in [1.54, 1.807) is 12.4 Å². The van der Waals surface area contributed by atoms with Crippen LogP contribution in [-0.4, -0.2) is 35.3 Å². The Morgan fingerprint density at radius 2 is 1.96 bits per heavy atom. The maximum Gasteiger partial charge on any atom is 0.335 e. The predicted octanol–water partition coefficient (Wildman–Crippen LogP) is 2.31. The van der Waals surface area contributed by atoms with Crippen molar-refractivity contribution in [3.8, 4) is 0 Å². The first-order valence-corrected chi connectivity index (χ1v) is 8.69. The first kappa shape index (κ1) is 15.6. The molecule has 1 fully saturated rings. The third-order valence-electron chi connectivity index (χ3n) is 3.98. The lowest BCUT2D eigenvalue weighted by Crippen LogP contribution is -2.30. The highest BCUT2D eigenvalue weighted by Crippen LogP contribution is 2.36. The van der Waals surface area contributed by atoms with E-state index in [0.717, 1.165) is 18.4 Å². The van der Waals surface area contributed by atoms with Crippen LogP contribution in [0.5, 0.6) is 0 Å². The van der Waals surface area contributed by atoms with Crippen molar-refractivity contribution in [3.05, 3.63) is 59.9 Å². The van der Waals surface area contributed by atoms with Crippen molar-refractivity contribution >= 4 is 16.0 Å². The summed E-state index contributed by atoms with van der Waals surface area (Å²) < 4.78 is 27.3. The molecular weight excluding hydrogens is 316 g/mol. The second kappa shape index (κ2) is 6.10.